The minimum Gasteiger partial charge on any atom is -0.388 e. The largest absolute Gasteiger partial charge is 0.388 e. The van der Waals surface area contributed by atoms with Gasteiger partial charge in [-0.2, -0.15) is 5.10 Å². The number of hydrogen-bond donors (Lipinski definition) is 1. The molecule has 2 aromatic rings. The maximum absolute atomic E-state index is 9.49. The van der Waals surface area contributed by atoms with Gasteiger partial charge >= 0.3 is 0 Å². The van der Waals surface area contributed by atoms with Crippen molar-refractivity contribution in [3.05, 3.63) is 33.0 Å². The lowest BCUT2D eigenvalue weighted by atomic mass is 10.4. The Hall–Kier alpha value is -1.02. The van der Waals surface area contributed by atoms with E-state index in [-0.39, 0.29) is 6.61 Å². The minimum atomic E-state index is -0.0645. The predicted octanol–water partition coefficient (Wildman–Crippen LogP) is 3.00. The second-order valence-electron chi connectivity index (χ2n) is 5.71. The quantitative estimate of drug-likeness (QED) is 0.752. The summed E-state index contributed by atoms with van der Waals surface area (Å²) in [5.74, 6) is 0.665. The summed E-state index contributed by atoms with van der Waals surface area (Å²) >= 11 is 7.34. The van der Waals surface area contributed by atoms with Crippen LogP contribution in [0.25, 0.3) is 0 Å². The molecule has 120 valence electrons. The first-order valence-electron chi connectivity index (χ1n) is 7.76. The van der Waals surface area contributed by atoms with Crippen molar-refractivity contribution in [1.82, 2.24) is 19.2 Å². The molecule has 1 aliphatic carbocycles. The summed E-state index contributed by atoms with van der Waals surface area (Å²) in [4.78, 5) is 3.81. The van der Waals surface area contributed by atoms with Crippen LogP contribution < -0.4 is 0 Å². The number of aromatic nitrogens is 3. The summed E-state index contributed by atoms with van der Waals surface area (Å²) in [7, 11) is 0. The summed E-state index contributed by atoms with van der Waals surface area (Å²) < 4.78 is 4.52. The van der Waals surface area contributed by atoms with Gasteiger partial charge in [-0.3, -0.25) is 4.90 Å². The average molecular weight is 339 g/mol. The van der Waals surface area contributed by atoms with Crippen LogP contribution >= 0.6 is 23.6 Å². The van der Waals surface area contributed by atoms with E-state index in [1.54, 1.807) is 11.3 Å². The number of rotatable bonds is 8. The summed E-state index contributed by atoms with van der Waals surface area (Å²) in [5, 5.41) is 16.1. The smallest absolute Gasteiger partial charge is 0.199 e. The van der Waals surface area contributed by atoms with Crippen LogP contribution in [0, 0.1) is 4.77 Å². The highest BCUT2D eigenvalue weighted by atomic mass is 32.1. The van der Waals surface area contributed by atoms with Gasteiger partial charge in [-0.1, -0.05) is 13.0 Å². The van der Waals surface area contributed by atoms with Gasteiger partial charge in [0.15, 0.2) is 10.6 Å². The number of aliphatic hydroxyl groups excluding tert-OH is 1. The topological polar surface area (TPSA) is 46.2 Å². The van der Waals surface area contributed by atoms with Crippen molar-refractivity contribution in [2.75, 3.05) is 0 Å². The van der Waals surface area contributed by atoms with E-state index in [2.05, 4.69) is 34.4 Å². The van der Waals surface area contributed by atoms with Crippen LogP contribution in [0.3, 0.4) is 0 Å². The van der Waals surface area contributed by atoms with Crippen LogP contribution in [0.5, 0.6) is 0 Å². The fraction of sp³-hybridized carbons (Fsp3) is 0.600. The van der Waals surface area contributed by atoms with Crippen molar-refractivity contribution < 1.29 is 5.11 Å². The maximum atomic E-state index is 9.49. The van der Waals surface area contributed by atoms with Gasteiger partial charge in [0.2, 0.25) is 0 Å². The molecule has 7 heteroatoms. The maximum Gasteiger partial charge on any atom is 0.199 e. The highest BCUT2D eigenvalue weighted by Crippen LogP contribution is 2.29. The lowest BCUT2D eigenvalue weighted by Crippen LogP contribution is -2.28. The monoisotopic (exact) mass is 338 g/mol. The van der Waals surface area contributed by atoms with Crippen molar-refractivity contribution in [2.45, 2.75) is 58.6 Å². The molecule has 1 fully saturated rings. The second-order valence-corrected chi connectivity index (χ2v) is 7.10. The normalized spacial score (nSPS) is 14.9. The molecule has 2 aromatic heterocycles. The third-order valence-electron chi connectivity index (χ3n) is 3.91. The Morgan fingerprint density at radius 1 is 1.50 bits per heavy atom. The summed E-state index contributed by atoms with van der Waals surface area (Å²) in [6.45, 7) is 4.49. The summed E-state index contributed by atoms with van der Waals surface area (Å²) in [6.07, 6.45) is 3.48. The van der Waals surface area contributed by atoms with Gasteiger partial charge in [-0.05, 0) is 42.9 Å². The molecule has 0 bridgehead atoms. The predicted molar refractivity (Wildman–Crippen MR) is 90.1 cm³/mol. The number of thiophene rings is 1. The fourth-order valence-corrected chi connectivity index (χ4v) is 3.68. The molecular weight excluding hydrogens is 316 g/mol. The Morgan fingerprint density at radius 2 is 2.32 bits per heavy atom. The molecule has 0 saturated heterocycles. The Morgan fingerprint density at radius 3 is 2.91 bits per heavy atom. The molecule has 3 rings (SSSR count). The molecule has 0 atom stereocenters. The van der Waals surface area contributed by atoms with Crippen LogP contribution in [-0.2, 0) is 26.4 Å². The van der Waals surface area contributed by atoms with Crippen molar-refractivity contribution in [1.29, 1.82) is 0 Å². The molecule has 22 heavy (non-hydrogen) atoms. The lowest BCUT2D eigenvalue weighted by molar-refractivity contribution is 0.186. The Labute approximate surface area is 139 Å². The van der Waals surface area contributed by atoms with Crippen LogP contribution in [0.4, 0.5) is 0 Å². The van der Waals surface area contributed by atoms with Gasteiger partial charge in [0.25, 0.3) is 0 Å². The van der Waals surface area contributed by atoms with Crippen molar-refractivity contribution in [3.63, 3.8) is 0 Å². The van der Waals surface area contributed by atoms with Crippen LogP contribution in [0.15, 0.2) is 17.5 Å². The molecule has 1 aliphatic rings. The summed E-state index contributed by atoms with van der Waals surface area (Å²) in [6, 6.07) is 4.91. The zero-order valence-corrected chi connectivity index (χ0v) is 14.4. The zero-order chi connectivity index (χ0) is 15.5. The molecule has 1 N–H and O–H groups in total. The van der Waals surface area contributed by atoms with Gasteiger partial charge < -0.3 is 9.67 Å². The molecule has 0 radical (unpaired) electrons. The van der Waals surface area contributed by atoms with Crippen molar-refractivity contribution in [3.8, 4) is 0 Å². The van der Waals surface area contributed by atoms with E-state index in [9.17, 15) is 5.11 Å². The first-order valence-corrected chi connectivity index (χ1v) is 9.05. The van der Waals surface area contributed by atoms with Gasteiger partial charge in [0.05, 0.1) is 6.67 Å². The molecule has 1 saturated carbocycles. The van der Waals surface area contributed by atoms with E-state index < -0.39 is 0 Å². The molecule has 0 aliphatic heterocycles. The molecule has 5 nitrogen and oxygen atoms in total. The highest BCUT2D eigenvalue weighted by molar-refractivity contribution is 7.71. The van der Waals surface area contributed by atoms with Gasteiger partial charge in [-0.15, -0.1) is 11.3 Å². The average Bonchev–Trinajstić information content (AvgIpc) is 3.17. The van der Waals surface area contributed by atoms with Gasteiger partial charge in [0.1, 0.15) is 6.61 Å². The highest BCUT2D eigenvalue weighted by Gasteiger charge is 2.30. The molecule has 0 spiro atoms. The standard InChI is InChI=1S/C15H22N4OS2/c1-2-7-18-14(10-20)16-19(15(18)21)11-17(12-5-6-12)9-13-4-3-8-22-13/h3-4,8,12,20H,2,5-7,9-11H2,1H3. The van der Waals surface area contributed by atoms with Crippen molar-refractivity contribution >= 4 is 23.6 Å². The number of hydrogen-bond acceptors (Lipinski definition) is 5. The number of aliphatic hydroxyl groups is 1. The molecule has 0 aromatic carbocycles. The Kier molecular flexibility index (Phi) is 5.07. The van der Waals surface area contributed by atoms with Gasteiger partial charge in [-0.25, -0.2) is 4.68 Å². The third kappa shape index (κ3) is 3.48. The van der Waals surface area contributed by atoms with Crippen LogP contribution in [0.1, 0.15) is 36.9 Å². The zero-order valence-electron chi connectivity index (χ0n) is 12.8. The third-order valence-corrected chi connectivity index (χ3v) is 5.20. The second kappa shape index (κ2) is 7.04. The molecule has 2 heterocycles. The van der Waals surface area contributed by atoms with Gasteiger partial charge in [0, 0.05) is 24.0 Å². The van der Waals surface area contributed by atoms with E-state index in [1.165, 1.54) is 17.7 Å². The first-order chi connectivity index (χ1) is 10.7. The fourth-order valence-electron chi connectivity index (χ4n) is 2.65. The first kappa shape index (κ1) is 15.9. The summed E-state index contributed by atoms with van der Waals surface area (Å²) in [5.41, 5.74) is 0. The van der Waals surface area contributed by atoms with Crippen molar-refractivity contribution in [2.24, 2.45) is 0 Å². The molecule has 0 unspecified atom stereocenters. The Bertz CT molecular complexity index is 658. The lowest BCUT2D eigenvalue weighted by Gasteiger charge is -2.20. The Balaban J connectivity index is 1.79. The van der Waals surface area contributed by atoms with Crippen LogP contribution in [0.2, 0.25) is 0 Å². The number of nitrogens with zero attached hydrogens (tertiary/aromatic N) is 4. The van der Waals surface area contributed by atoms with Crippen LogP contribution in [-0.4, -0.2) is 30.4 Å². The van der Waals surface area contributed by atoms with E-state index >= 15 is 0 Å². The van der Waals surface area contributed by atoms with E-state index in [1.807, 2.05) is 9.25 Å². The molecule has 0 amide bonds. The SMILES string of the molecule is CCCn1c(CO)nn(CN(Cc2cccs2)C2CC2)c1=S. The van der Waals surface area contributed by atoms with E-state index in [4.69, 9.17) is 12.2 Å². The van der Waals surface area contributed by atoms with E-state index in [0.29, 0.717) is 23.3 Å². The molecular formula is C15H22N4OS2. The van der Waals surface area contributed by atoms with E-state index in [0.717, 1.165) is 19.5 Å². The minimum absolute atomic E-state index is 0.0645.